The molecule has 0 aliphatic rings. The van der Waals surface area contributed by atoms with Crippen molar-refractivity contribution in [1.82, 2.24) is 5.32 Å². The number of furan rings is 1. The van der Waals surface area contributed by atoms with E-state index in [1.165, 1.54) is 5.56 Å². The minimum atomic E-state index is -0.175. The van der Waals surface area contributed by atoms with E-state index in [-0.39, 0.29) is 11.9 Å². The summed E-state index contributed by atoms with van der Waals surface area (Å²) in [6.45, 7) is 5.09. The van der Waals surface area contributed by atoms with Gasteiger partial charge < -0.3 is 19.4 Å². The van der Waals surface area contributed by atoms with Gasteiger partial charge in [-0.2, -0.15) is 0 Å². The number of nitrogens with one attached hydrogen (secondary N) is 2. The molecule has 1 unspecified atom stereocenters. The summed E-state index contributed by atoms with van der Waals surface area (Å²) < 4.78 is 11.3. The van der Waals surface area contributed by atoms with Crippen LogP contribution in [0.4, 0.5) is 0 Å². The summed E-state index contributed by atoms with van der Waals surface area (Å²) in [7, 11) is 3.68. The molecule has 0 aliphatic carbocycles. The molecule has 2 atom stereocenters. The summed E-state index contributed by atoms with van der Waals surface area (Å²) in [6, 6.07) is 15.8. The highest BCUT2D eigenvalue weighted by molar-refractivity contribution is 5.79. The van der Waals surface area contributed by atoms with Crippen molar-refractivity contribution in [3.63, 3.8) is 0 Å². The molecular weight excluding hydrogens is 340 g/mol. The number of aryl methyl sites for hydroxylation is 1. The van der Waals surface area contributed by atoms with Gasteiger partial charge in [-0.15, -0.1) is 0 Å². The smallest absolute Gasteiger partial charge is 0.275 e. The van der Waals surface area contributed by atoms with Crippen LogP contribution in [0.2, 0.25) is 0 Å². The number of likely N-dealkylation sites (N-methyl/N-ethyl adjacent to an activating group) is 1. The zero-order valence-electron chi connectivity index (χ0n) is 16.3. The molecule has 0 saturated heterocycles. The topological polar surface area (TPSA) is 55.9 Å². The third kappa shape index (κ3) is 4.68. The Hall–Kier alpha value is -2.79. The first-order valence-corrected chi connectivity index (χ1v) is 9.19. The maximum absolute atomic E-state index is 12.5. The molecule has 27 heavy (non-hydrogen) atoms. The molecule has 3 aromatic rings. The van der Waals surface area contributed by atoms with Gasteiger partial charge in [0, 0.05) is 10.9 Å². The summed E-state index contributed by atoms with van der Waals surface area (Å²) in [4.78, 5) is 13.6. The Labute approximate surface area is 159 Å². The normalized spacial score (nSPS) is 13.3. The Bertz CT molecular complexity index is 899. The van der Waals surface area contributed by atoms with Gasteiger partial charge in [0.1, 0.15) is 23.6 Å². The molecule has 1 aromatic heterocycles. The second kappa shape index (κ2) is 8.27. The molecule has 5 heteroatoms. The van der Waals surface area contributed by atoms with Crippen molar-refractivity contribution in [2.75, 3.05) is 20.7 Å². The number of hydrogen-bond donors (Lipinski definition) is 2. The highest BCUT2D eigenvalue weighted by atomic mass is 16.5. The standard InChI is InChI=1S/C22H26N2O3/c1-15-9-10-19(26-4)18(11-15)13-24(3)14-22(25)23-16(2)21-12-17-7-5-6-8-20(17)27-21/h5-12,16H,13-14H2,1-4H3,(H,23,25)/p+1/t16-/m1/s1. The summed E-state index contributed by atoms with van der Waals surface area (Å²) in [5.41, 5.74) is 3.12. The lowest BCUT2D eigenvalue weighted by Gasteiger charge is -2.17. The van der Waals surface area contributed by atoms with Gasteiger partial charge in [0.05, 0.1) is 20.2 Å². The number of methoxy groups -OCH3 is 1. The molecule has 0 aliphatic heterocycles. The predicted octanol–water partition coefficient (Wildman–Crippen LogP) is 2.64. The highest BCUT2D eigenvalue weighted by Gasteiger charge is 2.18. The van der Waals surface area contributed by atoms with Gasteiger partial charge in [-0.05, 0) is 38.1 Å². The first-order chi connectivity index (χ1) is 13.0. The first kappa shape index (κ1) is 19.0. The minimum Gasteiger partial charge on any atom is -0.496 e. The Morgan fingerprint density at radius 2 is 2.00 bits per heavy atom. The number of carbonyl (C=O) groups excluding carboxylic acids is 1. The fraction of sp³-hybridized carbons (Fsp3) is 0.318. The van der Waals surface area contributed by atoms with Crippen LogP contribution in [0.15, 0.2) is 52.9 Å². The van der Waals surface area contributed by atoms with Crippen molar-refractivity contribution in [2.24, 2.45) is 0 Å². The monoisotopic (exact) mass is 367 g/mol. The number of rotatable bonds is 7. The number of benzene rings is 2. The van der Waals surface area contributed by atoms with Gasteiger partial charge in [-0.25, -0.2) is 0 Å². The van der Waals surface area contributed by atoms with Gasteiger partial charge in [0.25, 0.3) is 5.91 Å². The van der Waals surface area contributed by atoms with E-state index >= 15 is 0 Å². The Balaban J connectivity index is 1.59. The van der Waals surface area contributed by atoms with E-state index in [2.05, 4.69) is 18.3 Å². The minimum absolute atomic E-state index is 0.00734. The van der Waals surface area contributed by atoms with Crippen molar-refractivity contribution in [2.45, 2.75) is 26.4 Å². The zero-order chi connectivity index (χ0) is 19.4. The number of fused-ring (bicyclic) bond motifs is 1. The number of ether oxygens (including phenoxy) is 1. The average Bonchev–Trinajstić information content (AvgIpc) is 3.06. The van der Waals surface area contributed by atoms with Gasteiger partial charge in [0.15, 0.2) is 6.54 Å². The van der Waals surface area contributed by atoms with Crippen molar-refractivity contribution < 1.29 is 18.8 Å². The highest BCUT2D eigenvalue weighted by Crippen LogP contribution is 2.23. The van der Waals surface area contributed by atoms with Crippen LogP contribution in [0.25, 0.3) is 11.0 Å². The number of quaternary nitrogens is 1. The van der Waals surface area contributed by atoms with Gasteiger partial charge >= 0.3 is 0 Å². The number of amides is 1. The number of para-hydroxylation sites is 1. The van der Waals surface area contributed by atoms with Crippen molar-refractivity contribution in [3.8, 4) is 5.75 Å². The van der Waals surface area contributed by atoms with E-state index in [0.717, 1.165) is 39.5 Å². The molecule has 142 valence electrons. The average molecular weight is 367 g/mol. The largest absolute Gasteiger partial charge is 0.496 e. The van der Waals surface area contributed by atoms with Crippen LogP contribution in [-0.4, -0.2) is 26.6 Å². The lowest BCUT2D eigenvalue weighted by molar-refractivity contribution is -0.885. The van der Waals surface area contributed by atoms with E-state index in [9.17, 15) is 4.79 Å². The number of hydrogen-bond acceptors (Lipinski definition) is 3. The van der Waals surface area contributed by atoms with Crippen LogP contribution in [0.3, 0.4) is 0 Å². The fourth-order valence-corrected chi connectivity index (χ4v) is 3.29. The van der Waals surface area contributed by atoms with E-state index in [0.29, 0.717) is 6.54 Å². The van der Waals surface area contributed by atoms with Gasteiger partial charge in [0.2, 0.25) is 0 Å². The zero-order valence-corrected chi connectivity index (χ0v) is 16.3. The molecule has 1 amide bonds. The second-order valence-electron chi connectivity index (χ2n) is 7.10. The summed E-state index contributed by atoms with van der Waals surface area (Å²) in [5.74, 6) is 1.62. The molecule has 3 rings (SSSR count). The summed E-state index contributed by atoms with van der Waals surface area (Å²) >= 11 is 0. The van der Waals surface area contributed by atoms with Gasteiger partial charge in [-0.3, -0.25) is 4.79 Å². The van der Waals surface area contributed by atoms with Crippen LogP contribution in [0.5, 0.6) is 5.75 Å². The molecule has 0 spiro atoms. The number of carbonyl (C=O) groups is 1. The van der Waals surface area contributed by atoms with Crippen molar-refractivity contribution in [1.29, 1.82) is 0 Å². The maximum atomic E-state index is 12.5. The molecule has 2 aromatic carbocycles. The maximum Gasteiger partial charge on any atom is 0.275 e. The van der Waals surface area contributed by atoms with E-state index < -0.39 is 0 Å². The fourth-order valence-electron chi connectivity index (χ4n) is 3.29. The SMILES string of the molecule is COc1ccc(C)cc1C[NH+](C)CC(=O)N[C@H](C)c1cc2ccccc2o1. The third-order valence-electron chi connectivity index (χ3n) is 4.64. The van der Waals surface area contributed by atoms with Crippen LogP contribution in [0.1, 0.15) is 29.9 Å². The predicted molar refractivity (Wildman–Crippen MR) is 106 cm³/mol. The van der Waals surface area contributed by atoms with E-state index in [1.807, 2.05) is 56.4 Å². The molecule has 2 N–H and O–H groups in total. The summed E-state index contributed by atoms with van der Waals surface area (Å²) in [6.07, 6.45) is 0. The Morgan fingerprint density at radius 1 is 1.22 bits per heavy atom. The molecule has 0 bridgehead atoms. The lowest BCUT2D eigenvalue weighted by Crippen LogP contribution is -3.08. The molecule has 0 saturated carbocycles. The van der Waals surface area contributed by atoms with Crippen LogP contribution < -0.4 is 15.0 Å². The van der Waals surface area contributed by atoms with E-state index in [1.54, 1.807) is 7.11 Å². The Morgan fingerprint density at radius 3 is 2.74 bits per heavy atom. The quantitative estimate of drug-likeness (QED) is 0.675. The molecule has 1 heterocycles. The van der Waals surface area contributed by atoms with Crippen LogP contribution >= 0.6 is 0 Å². The third-order valence-corrected chi connectivity index (χ3v) is 4.64. The summed E-state index contributed by atoms with van der Waals surface area (Å²) in [5, 5.41) is 4.07. The second-order valence-corrected chi connectivity index (χ2v) is 7.10. The lowest BCUT2D eigenvalue weighted by atomic mass is 10.1. The molecule has 0 fully saturated rings. The van der Waals surface area contributed by atoms with Crippen LogP contribution in [-0.2, 0) is 11.3 Å². The van der Waals surface area contributed by atoms with E-state index in [4.69, 9.17) is 9.15 Å². The van der Waals surface area contributed by atoms with Crippen molar-refractivity contribution in [3.05, 3.63) is 65.4 Å². The Kier molecular flexibility index (Phi) is 5.81. The first-order valence-electron chi connectivity index (χ1n) is 9.19. The van der Waals surface area contributed by atoms with Crippen molar-refractivity contribution >= 4 is 16.9 Å². The molecule has 5 nitrogen and oxygen atoms in total. The molecular formula is C22H27N2O3+. The van der Waals surface area contributed by atoms with Crippen LogP contribution in [0, 0.1) is 6.92 Å². The van der Waals surface area contributed by atoms with Gasteiger partial charge in [-0.1, -0.05) is 29.8 Å². The molecule has 0 radical (unpaired) electrons.